The van der Waals surface area contributed by atoms with Crippen molar-refractivity contribution in [2.75, 3.05) is 16.2 Å². The SMILES string of the molecule is Cc1ccc(S(=O)(=O)N2C[C@H](C(=O)Nc3ccc4c(c3)sc(=O)n4C(C)C)Oc3ccc(C)cc32)cc1. The maximum atomic E-state index is 13.6. The molecule has 2 heterocycles. The number of carbonyl (C=O) groups is 1. The van der Waals surface area contributed by atoms with Gasteiger partial charge < -0.3 is 10.1 Å². The summed E-state index contributed by atoms with van der Waals surface area (Å²) in [7, 11) is -3.95. The molecule has 1 aromatic heterocycles. The Bertz CT molecular complexity index is 1670. The Hall–Kier alpha value is -3.63. The van der Waals surface area contributed by atoms with Gasteiger partial charge in [-0.1, -0.05) is 35.1 Å². The van der Waals surface area contributed by atoms with Crippen LogP contribution in [0.4, 0.5) is 11.4 Å². The molecule has 0 aliphatic carbocycles. The number of carbonyl (C=O) groups excluding carboxylic acids is 1. The van der Waals surface area contributed by atoms with Gasteiger partial charge in [-0.15, -0.1) is 0 Å². The van der Waals surface area contributed by atoms with Gasteiger partial charge in [0.1, 0.15) is 5.75 Å². The fourth-order valence-electron chi connectivity index (χ4n) is 4.39. The Morgan fingerprint density at radius 3 is 2.43 bits per heavy atom. The molecule has 0 saturated carbocycles. The zero-order valence-corrected chi connectivity index (χ0v) is 22.5. The highest BCUT2D eigenvalue weighted by Crippen LogP contribution is 2.38. The van der Waals surface area contributed by atoms with Crippen LogP contribution < -0.4 is 19.2 Å². The van der Waals surface area contributed by atoms with Gasteiger partial charge in [-0.3, -0.25) is 18.5 Å². The van der Waals surface area contributed by atoms with Gasteiger partial charge in [-0.2, -0.15) is 0 Å². The quantitative estimate of drug-likeness (QED) is 0.392. The van der Waals surface area contributed by atoms with Gasteiger partial charge in [-0.05, 0) is 75.7 Å². The van der Waals surface area contributed by atoms with Crippen molar-refractivity contribution in [1.29, 1.82) is 0 Å². The molecule has 5 rings (SSSR count). The molecule has 1 amide bonds. The second-order valence-electron chi connectivity index (χ2n) is 9.43. The minimum atomic E-state index is -3.95. The number of anilines is 2. The molecule has 192 valence electrons. The first-order valence-corrected chi connectivity index (χ1v) is 14.1. The van der Waals surface area contributed by atoms with E-state index >= 15 is 0 Å². The van der Waals surface area contributed by atoms with Crippen LogP contribution in [0.1, 0.15) is 31.0 Å². The molecule has 0 spiro atoms. The van der Waals surface area contributed by atoms with Gasteiger partial charge in [0.05, 0.1) is 27.3 Å². The topological polar surface area (TPSA) is 97.7 Å². The lowest BCUT2D eigenvalue weighted by molar-refractivity contribution is -0.122. The molecule has 4 aromatic rings. The number of rotatable bonds is 5. The summed E-state index contributed by atoms with van der Waals surface area (Å²) < 4.78 is 37.0. The largest absolute Gasteiger partial charge is 0.476 e. The number of aromatic nitrogens is 1. The van der Waals surface area contributed by atoms with Crippen molar-refractivity contribution in [3.05, 3.63) is 81.5 Å². The molecule has 8 nitrogen and oxygen atoms in total. The van der Waals surface area contributed by atoms with Crippen molar-refractivity contribution in [1.82, 2.24) is 4.57 Å². The van der Waals surface area contributed by atoms with E-state index in [1.807, 2.05) is 33.8 Å². The van der Waals surface area contributed by atoms with Crippen LogP contribution in [0.5, 0.6) is 5.75 Å². The summed E-state index contributed by atoms with van der Waals surface area (Å²) in [6.07, 6.45) is -1.08. The van der Waals surface area contributed by atoms with Crippen LogP contribution in [0, 0.1) is 13.8 Å². The number of sulfonamides is 1. The molecule has 1 N–H and O–H groups in total. The molecular formula is C27H27N3O5S2. The Labute approximate surface area is 219 Å². The van der Waals surface area contributed by atoms with Gasteiger partial charge >= 0.3 is 4.87 Å². The predicted octanol–water partition coefficient (Wildman–Crippen LogP) is 4.86. The van der Waals surface area contributed by atoms with Crippen LogP contribution in [0.2, 0.25) is 0 Å². The summed E-state index contributed by atoms with van der Waals surface area (Å²) in [5, 5.41) is 2.83. The zero-order chi connectivity index (χ0) is 26.5. The fraction of sp³-hybridized carbons (Fsp3) is 0.259. The van der Waals surface area contributed by atoms with Crippen molar-refractivity contribution in [2.24, 2.45) is 0 Å². The maximum Gasteiger partial charge on any atom is 0.308 e. The van der Waals surface area contributed by atoms with Gasteiger partial charge in [0.15, 0.2) is 6.10 Å². The second-order valence-corrected chi connectivity index (χ2v) is 12.3. The van der Waals surface area contributed by atoms with Crippen LogP contribution >= 0.6 is 11.3 Å². The van der Waals surface area contributed by atoms with E-state index in [-0.39, 0.29) is 22.4 Å². The second kappa shape index (κ2) is 9.35. The molecule has 37 heavy (non-hydrogen) atoms. The first kappa shape index (κ1) is 25.0. The molecule has 1 aliphatic rings. The standard InChI is InChI=1S/C27H27N3O5S2/c1-16(2)30-21-11-8-19(14-25(21)36-27(30)32)28-26(31)24-15-29(22-13-18(4)7-12-23(22)35-24)37(33,34)20-9-5-17(3)6-10-20/h5-14,16,24H,15H2,1-4H3,(H,28,31)/t24-/m1/s1. The van der Waals surface area contributed by atoms with Crippen molar-refractivity contribution in [3.63, 3.8) is 0 Å². The number of hydrogen-bond acceptors (Lipinski definition) is 6. The van der Waals surface area contributed by atoms with E-state index in [0.29, 0.717) is 17.1 Å². The van der Waals surface area contributed by atoms with Crippen molar-refractivity contribution < 1.29 is 17.9 Å². The molecule has 1 aliphatic heterocycles. The Morgan fingerprint density at radius 1 is 1.03 bits per heavy atom. The minimum absolute atomic E-state index is 0.0162. The number of hydrogen-bond donors (Lipinski definition) is 1. The smallest absolute Gasteiger partial charge is 0.308 e. The summed E-state index contributed by atoms with van der Waals surface area (Å²) in [5.41, 5.74) is 3.51. The van der Waals surface area contributed by atoms with Crippen LogP contribution in [0.15, 0.2) is 70.4 Å². The average molecular weight is 538 g/mol. The monoisotopic (exact) mass is 537 g/mol. The highest BCUT2D eigenvalue weighted by atomic mass is 32.2. The molecule has 0 radical (unpaired) electrons. The predicted molar refractivity (Wildman–Crippen MR) is 146 cm³/mol. The number of amides is 1. The summed E-state index contributed by atoms with van der Waals surface area (Å²) in [4.78, 5) is 25.8. The number of fused-ring (bicyclic) bond motifs is 2. The molecule has 0 bridgehead atoms. The number of nitrogens with one attached hydrogen (secondary N) is 1. The molecule has 0 fully saturated rings. The normalized spacial score (nSPS) is 15.5. The lowest BCUT2D eigenvalue weighted by Gasteiger charge is -2.35. The third-order valence-corrected chi connectivity index (χ3v) is 8.99. The van der Waals surface area contributed by atoms with Gasteiger partial charge in [0, 0.05) is 11.7 Å². The lowest BCUT2D eigenvalue weighted by atomic mass is 10.1. The van der Waals surface area contributed by atoms with E-state index in [0.717, 1.165) is 32.7 Å². The third-order valence-electron chi connectivity index (χ3n) is 6.28. The summed E-state index contributed by atoms with van der Waals surface area (Å²) in [6, 6.07) is 17.1. The molecule has 3 aromatic carbocycles. The van der Waals surface area contributed by atoms with Crippen LogP contribution in [-0.4, -0.2) is 31.5 Å². The van der Waals surface area contributed by atoms with E-state index < -0.39 is 22.0 Å². The highest BCUT2D eigenvalue weighted by Gasteiger charge is 2.37. The maximum absolute atomic E-state index is 13.6. The Morgan fingerprint density at radius 2 is 1.73 bits per heavy atom. The van der Waals surface area contributed by atoms with Crippen LogP contribution in [0.25, 0.3) is 10.2 Å². The summed E-state index contributed by atoms with van der Waals surface area (Å²) in [6.45, 7) is 7.46. The van der Waals surface area contributed by atoms with Crippen LogP contribution in [-0.2, 0) is 14.8 Å². The van der Waals surface area contributed by atoms with Gasteiger partial charge in [0.2, 0.25) is 0 Å². The van der Waals surface area contributed by atoms with E-state index in [4.69, 9.17) is 4.74 Å². The molecule has 0 saturated heterocycles. The number of nitrogens with zero attached hydrogens (tertiary/aromatic N) is 2. The Balaban J connectivity index is 1.46. The highest BCUT2D eigenvalue weighted by molar-refractivity contribution is 7.92. The van der Waals surface area contributed by atoms with E-state index in [2.05, 4.69) is 5.32 Å². The number of ether oxygens (including phenoxy) is 1. The van der Waals surface area contributed by atoms with Gasteiger partial charge in [0.25, 0.3) is 15.9 Å². The molecular weight excluding hydrogens is 510 g/mol. The van der Waals surface area contributed by atoms with Crippen LogP contribution in [0.3, 0.4) is 0 Å². The van der Waals surface area contributed by atoms with Crippen molar-refractivity contribution in [3.8, 4) is 5.75 Å². The minimum Gasteiger partial charge on any atom is -0.476 e. The van der Waals surface area contributed by atoms with Crippen molar-refractivity contribution >= 4 is 48.9 Å². The Kier molecular flexibility index (Phi) is 6.33. The number of aryl methyl sites for hydroxylation is 2. The average Bonchev–Trinajstić information content (AvgIpc) is 3.18. The van der Waals surface area contributed by atoms with Gasteiger partial charge in [-0.25, -0.2) is 8.42 Å². The molecule has 0 unspecified atom stereocenters. The van der Waals surface area contributed by atoms with Crippen molar-refractivity contribution in [2.45, 2.75) is 44.7 Å². The molecule has 1 atom stereocenters. The van der Waals surface area contributed by atoms with E-state index in [9.17, 15) is 18.0 Å². The number of thiazole rings is 1. The summed E-state index contributed by atoms with van der Waals surface area (Å²) >= 11 is 1.12. The summed E-state index contributed by atoms with van der Waals surface area (Å²) in [5.74, 6) is -0.166. The lowest BCUT2D eigenvalue weighted by Crippen LogP contribution is -2.48. The third kappa shape index (κ3) is 4.62. The van der Waals surface area contributed by atoms with E-state index in [1.54, 1.807) is 59.2 Å². The van der Waals surface area contributed by atoms with E-state index in [1.165, 1.54) is 4.31 Å². The fourth-order valence-corrected chi connectivity index (χ4v) is 6.91. The molecule has 10 heteroatoms. The zero-order valence-electron chi connectivity index (χ0n) is 20.9. The first-order chi connectivity index (χ1) is 17.5. The number of benzene rings is 3. The first-order valence-electron chi connectivity index (χ1n) is 11.9.